The van der Waals surface area contributed by atoms with E-state index in [1.54, 1.807) is 25.5 Å². The number of hydrogen-bond donors (Lipinski definition) is 2. The first kappa shape index (κ1) is 26.6. The zero-order valence-electron chi connectivity index (χ0n) is 22.1. The van der Waals surface area contributed by atoms with Crippen molar-refractivity contribution in [2.24, 2.45) is 5.10 Å². The lowest BCUT2D eigenvalue weighted by molar-refractivity contribution is 0.0955. The van der Waals surface area contributed by atoms with Crippen LogP contribution in [0.2, 0.25) is 0 Å². The number of hydrogen-bond acceptors (Lipinski definition) is 7. The van der Waals surface area contributed by atoms with E-state index in [0.29, 0.717) is 23.7 Å². The van der Waals surface area contributed by atoms with E-state index in [2.05, 4.69) is 39.9 Å². The summed E-state index contributed by atoms with van der Waals surface area (Å²) in [6, 6.07) is 30.8. The van der Waals surface area contributed by atoms with Crippen LogP contribution in [-0.2, 0) is 6.61 Å². The molecule has 4 aromatic carbocycles. The molecule has 0 spiro atoms. The van der Waals surface area contributed by atoms with Gasteiger partial charge in [0.1, 0.15) is 6.61 Å². The molecule has 200 valence electrons. The van der Waals surface area contributed by atoms with Crippen LogP contribution in [0.5, 0.6) is 11.5 Å². The maximum absolute atomic E-state index is 12.6. The molecule has 8 heteroatoms. The average molecular weight is 549 g/mol. The van der Waals surface area contributed by atoms with Gasteiger partial charge in [0.2, 0.25) is 0 Å². The number of aryl methyl sites for hydroxylation is 1. The fraction of sp³-hybridized carbons (Fsp3) is 0.0938. The summed E-state index contributed by atoms with van der Waals surface area (Å²) in [5.74, 6) is 0.909. The summed E-state index contributed by atoms with van der Waals surface area (Å²) >= 11 is 1.53. The van der Waals surface area contributed by atoms with Crippen LogP contribution in [0.3, 0.4) is 0 Å². The first-order valence-corrected chi connectivity index (χ1v) is 13.5. The normalized spacial score (nSPS) is 10.8. The Morgan fingerprint density at radius 1 is 0.950 bits per heavy atom. The zero-order chi connectivity index (χ0) is 27.7. The number of hydrazone groups is 1. The standard InChI is InChI=1S/C32H28N4O3S/c1-22-8-10-23(11-9-22)20-39-29-17-12-24(18-30(29)38-2)19-33-36-31(37)26-15-13-25(14-16-26)28-21-40-32(35-28)34-27-6-4-3-5-7-27/h3-19,21H,20H2,1-2H3,(H,34,35)(H,36,37)/b33-19-. The van der Waals surface area contributed by atoms with E-state index in [-0.39, 0.29) is 5.91 Å². The van der Waals surface area contributed by atoms with Gasteiger partial charge >= 0.3 is 0 Å². The van der Waals surface area contributed by atoms with Crippen molar-refractivity contribution in [3.05, 3.63) is 125 Å². The molecular formula is C32H28N4O3S. The Labute approximate surface area is 237 Å². The van der Waals surface area contributed by atoms with Crippen molar-refractivity contribution in [3.8, 4) is 22.8 Å². The minimum atomic E-state index is -0.308. The van der Waals surface area contributed by atoms with E-state index in [0.717, 1.165) is 33.2 Å². The fourth-order valence-corrected chi connectivity index (χ4v) is 4.60. The summed E-state index contributed by atoms with van der Waals surface area (Å²) in [6.45, 7) is 2.49. The monoisotopic (exact) mass is 548 g/mol. The van der Waals surface area contributed by atoms with E-state index >= 15 is 0 Å². The van der Waals surface area contributed by atoms with E-state index in [9.17, 15) is 4.79 Å². The molecule has 0 saturated carbocycles. The van der Waals surface area contributed by atoms with Crippen LogP contribution >= 0.6 is 11.3 Å². The van der Waals surface area contributed by atoms with Gasteiger partial charge in [-0.05, 0) is 60.5 Å². The molecule has 2 N–H and O–H groups in total. The Morgan fingerprint density at radius 3 is 2.48 bits per heavy atom. The molecule has 0 radical (unpaired) electrons. The van der Waals surface area contributed by atoms with Crippen LogP contribution in [0.1, 0.15) is 27.0 Å². The molecule has 5 rings (SSSR count). The Kier molecular flexibility index (Phi) is 8.48. The third-order valence-corrected chi connectivity index (χ3v) is 6.81. The van der Waals surface area contributed by atoms with Gasteiger partial charge in [0.05, 0.1) is 19.0 Å². The van der Waals surface area contributed by atoms with Crippen molar-refractivity contribution in [2.75, 3.05) is 12.4 Å². The van der Waals surface area contributed by atoms with Gasteiger partial charge in [0.15, 0.2) is 16.6 Å². The number of thiazole rings is 1. The number of methoxy groups -OCH3 is 1. The molecule has 1 heterocycles. The number of para-hydroxylation sites is 1. The van der Waals surface area contributed by atoms with Gasteiger partial charge in [-0.2, -0.15) is 5.10 Å². The molecule has 40 heavy (non-hydrogen) atoms. The summed E-state index contributed by atoms with van der Waals surface area (Å²) in [5.41, 5.74) is 8.86. The summed E-state index contributed by atoms with van der Waals surface area (Å²) in [7, 11) is 1.59. The molecule has 0 unspecified atom stereocenters. The second-order valence-electron chi connectivity index (χ2n) is 8.99. The number of nitrogens with one attached hydrogen (secondary N) is 2. The number of carbonyl (C=O) groups is 1. The lowest BCUT2D eigenvalue weighted by Gasteiger charge is -2.11. The smallest absolute Gasteiger partial charge is 0.271 e. The molecule has 1 amide bonds. The Hall–Kier alpha value is -4.95. The highest BCUT2D eigenvalue weighted by molar-refractivity contribution is 7.14. The van der Waals surface area contributed by atoms with Gasteiger partial charge in [0, 0.05) is 22.2 Å². The van der Waals surface area contributed by atoms with Crippen molar-refractivity contribution < 1.29 is 14.3 Å². The summed E-state index contributed by atoms with van der Waals surface area (Å²) in [5, 5.41) is 10.2. The van der Waals surface area contributed by atoms with Gasteiger partial charge in [-0.25, -0.2) is 10.4 Å². The third kappa shape index (κ3) is 6.92. The first-order valence-electron chi connectivity index (χ1n) is 12.7. The van der Waals surface area contributed by atoms with Crippen LogP contribution in [-0.4, -0.2) is 24.2 Å². The van der Waals surface area contributed by atoms with Gasteiger partial charge in [-0.3, -0.25) is 4.79 Å². The number of ether oxygens (including phenoxy) is 2. The summed E-state index contributed by atoms with van der Waals surface area (Å²) in [6.07, 6.45) is 1.56. The lowest BCUT2D eigenvalue weighted by atomic mass is 10.1. The average Bonchev–Trinajstić information content (AvgIpc) is 3.46. The van der Waals surface area contributed by atoms with E-state index in [1.165, 1.54) is 16.9 Å². The van der Waals surface area contributed by atoms with Crippen LogP contribution in [0, 0.1) is 6.92 Å². The van der Waals surface area contributed by atoms with E-state index < -0.39 is 0 Å². The highest BCUT2D eigenvalue weighted by atomic mass is 32.1. The van der Waals surface area contributed by atoms with Crippen LogP contribution < -0.4 is 20.2 Å². The van der Waals surface area contributed by atoms with Crippen molar-refractivity contribution in [3.63, 3.8) is 0 Å². The predicted octanol–water partition coefficient (Wildman–Crippen LogP) is 7.21. The van der Waals surface area contributed by atoms with E-state index in [1.807, 2.05) is 78.2 Å². The first-order chi connectivity index (χ1) is 19.6. The number of carbonyl (C=O) groups excluding carboxylic acids is 1. The fourth-order valence-electron chi connectivity index (χ4n) is 3.86. The van der Waals surface area contributed by atoms with Gasteiger partial charge in [0.25, 0.3) is 5.91 Å². The number of amides is 1. The van der Waals surface area contributed by atoms with Gasteiger partial charge < -0.3 is 14.8 Å². The Bertz CT molecular complexity index is 1600. The highest BCUT2D eigenvalue weighted by Crippen LogP contribution is 2.29. The molecule has 0 fully saturated rings. The second kappa shape index (κ2) is 12.7. The minimum Gasteiger partial charge on any atom is -0.493 e. The van der Waals surface area contributed by atoms with Crippen LogP contribution in [0.4, 0.5) is 10.8 Å². The number of rotatable bonds is 10. The molecule has 7 nitrogen and oxygen atoms in total. The van der Waals surface area contributed by atoms with Crippen molar-refractivity contribution in [1.82, 2.24) is 10.4 Å². The molecule has 5 aromatic rings. The molecule has 0 aliphatic rings. The van der Waals surface area contributed by atoms with Gasteiger partial charge in [-0.15, -0.1) is 11.3 Å². The van der Waals surface area contributed by atoms with Crippen molar-refractivity contribution in [1.29, 1.82) is 0 Å². The molecule has 1 aromatic heterocycles. The molecule has 0 atom stereocenters. The molecule has 0 bridgehead atoms. The third-order valence-electron chi connectivity index (χ3n) is 6.05. The van der Waals surface area contributed by atoms with Crippen LogP contribution in [0.15, 0.2) is 108 Å². The number of nitrogens with zero attached hydrogens (tertiary/aromatic N) is 2. The SMILES string of the molecule is COc1cc(/C=N\NC(=O)c2ccc(-c3csc(Nc4ccccc4)n3)cc2)ccc1OCc1ccc(C)cc1. The maximum atomic E-state index is 12.6. The lowest BCUT2D eigenvalue weighted by Crippen LogP contribution is -2.17. The van der Waals surface area contributed by atoms with Crippen molar-refractivity contribution in [2.45, 2.75) is 13.5 Å². The number of anilines is 2. The topological polar surface area (TPSA) is 84.8 Å². The Morgan fingerprint density at radius 2 is 1.73 bits per heavy atom. The summed E-state index contributed by atoms with van der Waals surface area (Å²) in [4.78, 5) is 17.3. The quantitative estimate of drug-likeness (QED) is 0.142. The number of aromatic nitrogens is 1. The number of benzene rings is 4. The second-order valence-corrected chi connectivity index (χ2v) is 9.85. The molecular weight excluding hydrogens is 520 g/mol. The highest BCUT2D eigenvalue weighted by Gasteiger charge is 2.09. The minimum absolute atomic E-state index is 0.308. The van der Waals surface area contributed by atoms with Gasteiger partial charge in [-0.1, -0.05) is 60.2 Å². The largest absolute Gasteiger partial charge is 0.493 e. The predicted molar refractivity (Wildman–Crippen MR) is 161 cm³/mol. The molecule has 0 aliphatic carbocycles. The molecule has 0 aliphatic heterocycles. The Balaban J connectivity index is 1.16. The van der Waals surface area contributed by atoms with Crippen molar-refractivity contribution >= 4 is 34.3 Å². The molecule has 0 saturated heterocycles. The summed E-state index contributed by atoms with van der Waals surface area (Å²) < 4.78 is 11.4. The zero-order valence-corrected chi connectivity index (χ0v) is 22.9. The van der Waals surface area contributed by atoms with E-state index in [4.69, 9.17) is 9.47 Å². The van der Waals surface area contributed by atoms with Crippen LogP contribution in [0.25, 0.3) is 11.3 Å². The maximum Gasteiger partial charge on any atom is 0.271 e.